The van der Waals surface area contributed by atoms with Crippen LogP contribution in [0.3, 0.4) is 0 Å². The average molecular weight is 222 g/mol. The second kappa shape index (κ2) is 4.99. The first kappa shape index (κ1) is 11.0. The third-order valence-corrected chi connectivity index (χ3v) is 4.08. The van der Waals surface area contributed by atoms with Crippen molar-refractivity contribution in [3.05, 3.63) is 29.1 Å². The minimum atomic E-state index is 0.705. The van der Waals surface area contributed by atoms with E-state index in [9.17, 15) is 0 Å². The highest BCUT2D eigenvalue weighted by molar-refractivity contribution is 7.99. The first-order valence-electron chi connectivity index (χ1n) is 5.49. The molecule has 0 amide bonds. The van der Waals surface area contributed by atoms with Crippen LogP contribution in [0.4, 0.5) is 0 Å². The van der Waals surface area contributed by atoms with E-state index < -0.39 is 0 Å². The molecule has 0 radical (unpaired) electrons. The maximum atomic E-state index is 4.38. The monoisotopic (exact) mass is 222 g/mol. The van der Waals surface area contributed by atoms with Crippen molar-refractivity contribution in [1.29, 1.82) is 0 Å². The zero-order valence-corrected chi connectivity index (χ0v) is 10.2. The molecule has 1 atom stereocenters. The molecule has 1 aliphatic rings. The highest BCUT2D eigenvalue weighted by atomic mass is 32.2. The number of thioether (sulfide) groups is 1. The molecule has 0 saturated carbocycles. The fraction of sp³-hybridized carbons (Fsp3) is 0.583. The zero-order valence-electron chi connectivity index (χ0n) is 9.42. The smallest absolute Gasteiger partial charge is 0.0402 e. The van der Waals surface area contributed by atoms with Gasteiger partial charge in [0, 0.05) is 30.2 Å². The molecule has 0 bridgehead atoms. The molecule has 0 aromatic carbocycles. The van der Waals surface area contributed by atoms with Gasteiger partial charge in [-0.3, -0.25) is 4.98 Å². The standard InChI is InChI=1S/C12H18N2S/c1-9-5-11(6-13-10(9)2)7-14-12-3-4-15-8-12/h5-6,12,14H,3-4,7-8H2,1-2H3/t12-/m1/s1. The van der Waals surface area contributed by atoms with E-state index in [1.165, 1.54) is 29.1 Å². The molecule has 82 valence electrons. The van der Waals surface area contributed by atoms with Crippen LogP contribution < -0.4 is 5.32 Å². The number of hydrogen-bond acceptors (Lipinski definition) is 3. The van der Waals surface area contributed by atoms with Gasteiger partial charge in [0.2, 0.25) is 0 Å². The first-order valence-corrected chi connectivity index (χ1v) is 6.64. The number of rotatable bonds is 3. The summed E-state index contributed by atoms with van der Waals surface area (Å²) in [5.74, 6) is 2.57. The number of nitrogens with zero attached hydrogens (tertiary/aromatic N) is 1. The lowest BCUT2D eigenvalue weighted by atomic mass is 10.1. The third-order valence-electron chi connectivity index (χ3n) is 2.92. The van der Waals surface area contributed by atoms with Crippen LogP contribution in [0.25, 0.3) is 0 Å². The van der Waals surface area contributed by atoms with E-state index in [2.05, 4.69) is 30.2 Å². The van der Waals surface area contributed by atoms with E-state index in [0.717, 1.165) is 12.2 Å². The maximum absolute atomic E-state index is 4.38. The SMILES string of the molecule is Cc1cc(CN[C@@H]2CCSC2)cnc1C. The van der Waals surface area contributed by atoms with Crippen molar-refractivity contribution in [2.24, 2.45) is 0 Å². The highest BCUT2D eigenvalue weighted by Crippen LogP contribution is 2.17. The van der Waals surface area contributed by atoms with E-state index in [1.54, 1.807) is 0 Å². The van der Waals surface area contributed by atoms with Gasteiger partial charge in [0.25, 0.3) is 0 Å². The van der Waals surface area contributed by atoms with Gasteiger partial charge in [0.1, 0.15) is 0 Å². The Morgan fingerprint density at radius 1 is 1.53 bits per heavy atom. The Morgan fingerprint density at radius 2 is 2.40 bits per heavy atom. The summed E-state index contributed by atoms with van der Waals surface area (Å²) in [6.45, 7) is 5.14. The lowest BCUT2D eigenvalue weighted by molar-refractivity contribution is 0.557. The largest absolute Gasteiger partial charge is 0.309 e. The van der Waals surface area contributed by atoms with Crippen molar-refractivity contribution < 1.29 is 0 Å². The van der Waals surface area contributed by atoms with Crippen molar-refractivity contribution in [2.75, 3.05) is 11.5 Å². The van der Waals surface area contributed by atoms with Crippen LogP contribution in [0.15, 0.2) is 12.3 Å². The van der Waals surface area contributed by atoms with Crippen LogP contribution in [-0.4, -0.2) is 22.5 Å². The Labute approximate surface area is 95.9 Å². The summed E-state index contributed by atoms with van der Waals surface area (Å²) < 4.78 is 0. The van der Waals surface area contributed by atoms with Gasteiger partial charge in [-0.2, -0.15) is 11.8 Å². The number of nitrogens with one attached hydrogen (secondary N) is 1. The average Bonchev–Trinajstić information content (AvgIpc) is 2.73. The number of pyridine rings is 1. The fourth-order valence-corrected chi connectivity index (χ4v) is 2.94. The van der Waals surface area contributed by atoms with Gasteiger partial charge < -0.3 is 5.32 Å². The molecule has 2 rings (SSSR count). The molecule has 2 nitrogen and oxygen atoms in total. The Hall–Kier alpha value is -0.540. The predicted octanol–water partition coefficient (Wildman–Crippen LogP) is 2.29. The summed E-state index contributed by atoms with van der Waals surface area (Å²) in [6, 6.07) is 2.94. The third kappa shape index (κ3) is 2.95. The molecule has 15 heavy (non-hydrogen) atoms. The molecular formula is C12H18N2S. The molecule has 2 heterocycles. The van der Waals surface area contributed by atoms with Crippen LogP contribution in [0.2, 0.25) is 0 Å². The quantitative estimate of drug-likeness (QED) is 0.849. The van der Waals surface area contributed by atoms with E-state index in [4.69, 9.17) is 0 Å². The van der Waals surface area contributed by atoms with E-state index in [1.807, 2.05) is 18.0 Å². The first-order chi connectivity index (χ1) is 7.25. The molecule has 0 unspecified atom stereocenters. The van der Waals surface area contributed by atoms with Crippen LogP contribution in [0.1, 0.15) is 23.2 Å². The number of aryl methyl sites for hydroxylation is 2. The topological polar surface area (TPSA) is 24.9 Å². The molecule has 1 aromatic rings. The normalized spacial score (nSPS) is 20.8. The highest BCUT2D eigenvalue weighted by Gasteiger charge is 2.14. The van der Waals surface area contributed by atoms with Gasteiger partial charge >= 0.3 is 0 Å². The van der Waals surface area contributed by atoms with Gasteiger partial charge in [-0.1, -0.05) is 6.07 Å². The van der Waals surface area contributed by atoms with Gasteiger partial charge in [-0.15, -0.1) is 0 Å². The van der Waals surface area contributed by atoms with Crippen molar-refractivity contribution in [3.8, 4) is 0 Å². The van der Waals surface area contributed by atoms with Gasteiger partial charge in [0.05, 0.1) is 0 Å². The predicted molar refractivity (Wildman–Crippen MR) is 66.3 cm³/mol. The molecule has 1 fully saturated rings. The second-order valence-corrected chi connectivity index (χ2v) is 5.34. The van der Waals surface area contributed by atoms with Gasteiger partial charge in [-0.25, -0.2) is 0 Å². The molecule has 0 aliphatic carbocycles. The molecule has 1 aromatic heterocycles. The summed E-state index contributed by atoms with van der Waals surface area (Å²) in [4.78, 5) is 4.38. The van der Waals surface area contributed by atoms with E-state index in [-0.39, 0.29) is 0 Å². The fourth-order valence-electron chi connectivity index (χ4n) is 1.76. The molecular weight excluding hydrogens is 204 g/mol. The molecule has 1 saturated heterocycles. The van der Waals surface area contributed by atoms with Crippen LogP contribution >= 0.6 is 11.8 Å². The van der Waals surface area contributed by atoms with Gasteiger partial charge in [-0.05, 0) is 37.1 Å². The lowest BCUT2D eigenvalue weighted by Gasteiger charge is -2.11. The molecule has 0 spiro atoms. The van der Waals surface area contributed by atoms with Gasteiger partial charge in [0.15, 0.2) is 0 Å². The Bertz CT molecular complexity index is 332. The second-order valence-electron chi connectivity index (χ2n) is 4.19. The number of hydrogen-bond donors (Lipinski definition) is 1. The molecule has 1 N–H and O–H groups in total. The summed E-state index contributed by atoms with van der Waals surface area (Å²) >= 11 is 2.04. The lowest BCUT2D eigenvalue weighted by Crippen LogP contribution is -2.28. The summed E-state index contributed by atoms with van der Waals surface area (Å²) in [5.41, 5.74) is 3.72. The summed E-state index contributed by atoms with van der Waals surface area (Å²) in [7, 11) is 0. The van der Waals surface area contributed by atoms with Crippen molar-refractivity contribution in [3.63, 3.8) is 0 Å². The minimum absolute atomic E-state index is 0.705. The van der Waals surface area contributed by atoms with E-state index >= 15 is 0 Å². The molecule has 1 aliphatic heterocycles. The number of aromatic nitrogens is 1. The van der Waals surface area contributed by atoms with Crippen molar-refractivity contribution in [2.45, 2.75) is 32.9 Å². The van der Waals surface area contributed by atoms with Crippen LogP contribution in [-0.2, 0) is 6.54 Å². The molecule has 3 heteroatoms. The van der Waals surface area contributed by atoms with Crippen molar-refractivity contribution >= 4 is 11.8 Å². The summed E-state index contributed by atoms with van der Waals surface area (Å²) in [6.07, 6.45) is 3.29. The Kier molecular flexibility index (Phi) is 3.65. The minimum Gasteiger partial charge on any atom is -0.309 e. The Balaban J connectivity index is 1.90. The van der Waals surface area contributed by atoms with E-state index in [0.29, 0.717) is 6.04 Å². The van der Waals surface area contributed by atoms with Crippen LogP contribution in [0.5, 0.6) is 0 Å². The van der Waals surface area contributed by atoms with Crippen LogP contribution in [0, 0.1) is 13.8 Å². The Morgan fingerprint density at radius 3 is 3.07 bits per heavy atom. The maximum Gasteiger partial charge on any atom is 0.0402 e. The zero-order chi connectivity index (χ0) is 10.7. The van der Waals surface area contributed by atoms with Crippen molar-refractivity contribution in [1.82, 2.24) is 10.3 Å². The summed E-state index contributed by atoms with van der Waals surface area (Å²) in [5, 5.41) is 3.58.